The van der Waals surface area contributed by atoms with E-state index in [0.717, 1.165) is 6.92 Å². The molecule has 1 heterocycles. The first-order valence-corrected chi connectivity index (χ1v) is 4.78. The van der Waals surface area contributed by atoms with E-state index in [4.69, 9.17) is 16.7 Å². The van der Waals surface area contributed by atoms with E-state index >= 15 is 0 Å². The van der Waals surface area contributed by atoms with Crippen molar-refractivity contribution < 1.29 is 19.8 Å². The van der Waals surface area contributed by atoms with Gasteiger partial charge in [-0.05, 0) is 13.0 Å². The molecule has 16 heavy (non-hydrogen) atoms. The molecule has 0 saturated heterocycles. The lowest BCUT2D eigenvalue weighted by atomic mass is 10.1. The predicted octanol–water partition coefficient (Wildman–Crippen LogP) is 0.234. The van der Waals surface area contributed by atoms with E-state index in [-0.39, 0.29) is 5.69 Å². The van der Waals surface area contributed by atoms with Crippen molar-refractivity contribution in [2.45, 2.75) is 12.5 Å². The van der Waals surface area contributed by atoms with Crippen molar-refractivity contribution in [2.75, 3.05) is 6.54 Å². The lowest BCUT2D eigenvalue weighted by Crippen LogP contribution is -2.46. The smallest absolute Gasteiger partial charge is 0.337 e. The van der Waals surface area contributed by atoms with Crippen molar-refractivity contribution in [3.8, 4) is 0 Å². The van der Waals surface area contributed by atoms with Crippen LogP contribution in [0.3, 0.4) is 0 Å². The maximum atomic E-state index is 11.4. The summed E-state index contributed by atoms with van der Waals surface area (Å²) in [5.41, 5.74) is -1.79. The highest BCUT2D eigenvalue weighted by Crippen LogP contribution is 2.09. The molecule has 1 amide bonds. The lowest BCUT2D eigenvalue weighted by molar-refractivity contribution is -0.155. The highest BCUT2D eigenvalue weighted by atomic mass is 35.5. The molecule has 0 saturated carbocycles. The number of carbonyl (C=O) groups excluding carboxylic acids is 1. The first-order chi connectivity index (χ1) is 7.33. The number of nitrogens with one attached hydrogen (secondary N) is 2. The van der Waals surface area contributed by atoms with Gasteiger partial charge in [-0.15, -0.1) is 0 Å². The van der Waals surface area contributed by atoms with Crippen LogP contribution in [0.5, 0.6) is 0 Å². The van der Waals surface area contributed by atoms with Crippen LogP contribution < -0.4 is 5.32 Å². The normalized spacial score (nSPS) is 14.2. The van der Waals surface area contributed by atoms with Gasteiger partial charge in [-0.1, -0.05) is 11.6 Å². The second-order valence-corrected chi connectivity index (χ2v) is 3.93. The van der Waals surface area contributed by atoms with Gasteiger partial charge in [-0.25, -0.2) is 4.79 Å². The summed E-state index contributed by atoms with van der Waals surface area (Å²) >= 11 is 5.59. The number of hydrogen-bond donors (Lipinski definition) is 4. The third-order valence-corrected chi connectivity index (χ3v) is 2.16. The van der Waals surface area contributed by atoms with E-state index in [1.165, 1.54) is 12.3 Å². The molecular weight excluding hydrogens is 236 g/mol. The molecule has 0 fully saturated rings. The van der Waals surface area contributed by atoms with Crippen LogP contribution in [-0.2, 0) is 4.79 Å². The highest BCUT2D eigenvalue weighted by Gasteiger charge is 2.30. The van der Waals surface area contributed by atoms with Gasteiger partial charge in [0.1, 0.15) is 5.69 Å². The molecule has 1 aromatic heterocycles. The summed E-state index contributed by atoms with van der Waals surface area (Å²) in [5, 5.41) is 20.6. The van der Waals surface area contributed by atoms with Crippen LogP contribution in [0.15, 0.2) is 12.3 Å². The molecule has 0 spiro atoms. The number of carbonyl (C=O) groups is 2. The van der Waals surface area contributed by atoms with Gasteiger partial charge in [0, 0.05) is 6.20 Å². The van der Waals surface area contributed by atoms with Crippen molar-refractivity contribution in [3.05, 3.63) is 23.0 Å². The summed E-state index contributed by atoms with van der Waals surface area (Å²) in [7, 11) is 0. The Morgan fingerprint density at radius 2 is 2.25 bits per heavy atom. The van der Waals surface area contributed by atoms with Crippen LogP contribution in [0.4, 0.5) is 0 Å². The fourth-order valence-corrected chi connectivity index (χ4v) is 1.09. The number of carboxylic acid groups (broad SMARTS) is 1. The first kappa shape index (κ1) is 12.5. The van der Waals surface area contributed by atoms with Crippen LogP contribution >= 0.6 is 11.6 Å². The number of amides is 1. The topological polar surface area (TPSA) is 102 Å². The van der Waals surface area contributed by atoms with Crippen LogP contribution in [0.2, 0.25) is 5.02 Å². The Labute approximate surface area is 96.2 Å². The molecule has 0 aromatic carbocycles. The number of aromatic amines is 1. The maximum absolute atomic E-state index is 11.4. The molecule has 1 atom stereocenters. The Hall–Kier alpha value is -1.53. The summed E-state index contributed by atoms with van der Waals surface area (Å²) in [6.45, 7) is 0.703. The number of aliphatic carboxylic acids is 1. The first-order valence-electron chi connectivity index (χ1n) is 4.41. The zero-order chi connectivity index (χ0) is 12.3. The average molecular weight is 247 g/mol. The Bertz CT molecular complexity index is 413. The molecule has 0 aliphatic heterocycles. The number of aromatic nitrogens is 1. The molecular formula is C9H11ClN2O4. The summed E-state index contributed by atoms with van der Waals surface area (Å²) in [6, 6.07) is 1.40. The lowest BCUT2D eigenvalue weighted by Gasteiger charge is -2.17. The Morgan fingerprint density at radius 3 is 2.69 bits per heavy atom. The fraction of sp³-hybridized carbons (Fsp3) is 0.333. The van der Waals surface area contributed by atoms with E-state index in [9.17, 15) is 14.7 Å². The van der Waals surface area contributed by atoms with Crippen molar-refractivity contribution >= 4 is 23.5 Å². The highest BCUT2D eigenvalue weighted by molar-refractivity contribution is 6.30. The summed E-state index contributed by atoms with van der Waals surface area (Å²) in [5.74, 6) is -1.94. The van der Waals surface area contributed by atoms with E-state index in [2.05, 4.69) is 10.3 Å². The summed E-state index contributed by atoms with van der Waals surface area (Å²) in [4.78, 5) is 24.6. The maximum Gasteiger partial charge on any atom is 0.337 e. The van der Waals surface area contributed by atoms with Crippen LogP contribution in [0, 0.1) is 0 Å². The number of H-pyrrole nitrogens is 1. The number of hydrogen-bond acceptors (Lipinski definition) is 3. The molecule has 88 valence electrons. The molecule has 1 unspecified atom stereocenters. The van der Waals surface area contributed by atoms with Gasteiger partial charge < -0.3 is 20.5 Å². The van der Waals surface area contributed by atoms with Gasteiger partial charge in [-0.3, -0.25) is 4.79 Å². The minimum atomic E-state index is -1.99. The zero-order valence-electron chi connectivity index (χ0n) is 8.45. The van der Waals surface area contributed by atoms with E-state index in [1.807, 2.05) is 0 Å². The quantitative estimate of drug-likeness (QED) is 0.611. The van der Waals surface area contributed by atoms with Crippen LogP contribution in [0.1, 0.15) is 17.4 Å². The zero-order valence-corrected chi connectivity index (χ0v) is 9.21. The SMILES string of the molecule is CC(O)(CNC(=O)c1cc(Cl)c[nH]1)C(=O)O. The van der Waals surface area contributed by atoms with Crippen molar-refractivity contribution in [1.29, 1.82) is 0 Å². The number of carboxylic acids is 1. The summed E-state index contributed by atoms with van der Waals surface area (Å²) < 4.78 is 0. The molecule has 1 rings (SSSR count). The monoisotopic (exact) mass is 246 g/mol. The molecule has 6 nitrogen and oxygen atoms in total. The Morgan fingerprint density at radius 1 is 1.62 bits per heavy atom. The third kappa shape index (κ3) is 2.98. The molecule has 0 bridgehead atoms. The number of rotatable bonds is 4. The number of aliphatic hydroxyl groups is 1. The Kier molecular flexibility index (Phi) is 3.56. The van der Waals surface area contributed by atoms with E-state index in [0.29, 0.717) is 5.02 Å². The van der Waals surface area contributed by atoms with Gasteiger partial charge in [0.15, 0.2) is 5.60 Å². The van der Waals surface area contributed by atoms with E-state index in [1.54, 1.807) is 0 Å². The molecule has 0 radical (unpaired) electrons. The predicted molar refractivity (Wildman–Crippen MR) is 56.4 cm³/mol. The number of halogens is 1. The molecule has 0 aliphatic carbocycles. The van der Waals surface area contributed by atoms with Gasteiger partial charge in [-0.2, -0.15) is 0 Å². The van der Waals surface area contributed by atoms with Gasteiger partial charge in [0.05, 0.1) is 11.6 Å². The van der Waals surface area contributed by atoms with Crippen LogP contribution in [0.25, 0.3) is 0 Å². The average Bonchev–Trinajstić information content (AvgIpc) is 2.61. The second-order valence-electron chi connectivity index (χ2n) is 3.49. The third-order valence-electron chi connectivity index (χ3n) is 1.95. The summed E-state index contributed by atoms with van der Waals surface area (Å²) in [6.07, 6.45) is 1.42. The van der Waals surface area contributed by atoms with Gasteiger partial charge in [0.25, 0.3) is 5.91 Å². The standard InChI is InChI=1S/C9H11ClN2O4/c1-9(16,8(14)15)4-12-7(13)6-2-5(10)3-11-6/h2-3,11,16H,4H2,1H3,(H,12,13)(H,14,15). The van der Waals surface area contributed by atoms with Gasteiger partial charge >= 0.3 is 5.97 Å². The Balaban J connectivity index is 2.57. The minimum absolute atomic E-state index is 0.200. The van der Waals surface area contributed by atoms with Gasteiger partial charge in [0.2, 0.25) is 0 Å². The van der Waals surface area contributed by atoms with Crippen LogP contribution in [-0.4, -0.2) is 39.2 Å². The largest absolute Gasteiger partial charge is 0.479 e. The van der Waals surface area contributed by atoms with Crippen molar-refractivity contribution in [2.24, 2.45) is 0 Å². The van der Waals surface area contributed by atoms with Crippen molar-refractivity contribution in [1.82, 2.24) is 10.3 Å². The molecule has 7 heteroatoms. The molecule has 4 N–H and O–H groups in total. The fourth-order valence-electron chi connectivity index (χ4n) is 0.922. The minimum Gasteiger partial charge on any atom is -0.479 e. The molecule has 0 aliphatic rings. The van der Waals surface area contributed by atoms with Crippen molar-refractivity contribution in [3.63, 3.8) is 0 Å². The second kappa shape index (κ2) is 4.54. The molecule has 1 aromatic rings. The van der Waals surface area contributed by atoms with E-state index < -0.39 is 24.0 Å².